The van der Waals surface area contributed by atoms with Crippen molar-refractivity contribution in [3.63, 3.8) is 0 Å². The first-order chi connectivity index (χ1) is 6.50. The van der Waals surface area contributed by atoms with Crippen molar-refractivity contribution in [1.82, 2.24) is 0 Å². The Balaban J connectivity index is 2.80. The van der Waals surface area contributed by atoms with Crippen molar-refractivity contribution in [2.24, 2.45) is 0 Å². The van der Waals surface area contributed by atoms with Crippen LogP contribution < -0.4 is 4.74 Å². The molecule has 0 spiro atoms. The Bertz CT molecular complexity index is 315. The van der Waals surface area contributed by atoms with Crippen molar-refractivity contribution in [3.05, 3.63) is 27.7 Å². The first-order valence-electron chi connectivity index (χ1n) is 4.30. The largest absolute Gasteiger partial charge is 0.486 e. The van der Waals surface area contributed by atoms with E-state index < -0.39 is 6.10 Å². The lowest BCUT2D eigenvalue weighted by Gasteiger charge is -2.18. The monoisotopic (exact) mass is 278 g/mol. The third-order valence-electron chi connectivity index (χ3n) is 1.89. The van der Waals surface area contributed by atoms with Crippen LogP contribution in [0.3, 0.4) is 0 Å². The minimum absolute atomic E-state index is 0.276. The number of ether oxygens (including phenoxy) is 1. The lowest BCUT2D eigenvalue weighted by molar-refractivity contribution is 0.0605. The zero-order valence-electron chi connectivity index (χ0n) is 8.00. The van der Waals surface area contributed by atoms with Gasteiger partial charge in [0.1, 0.15) is 11.9 Å². The van der Waals surface area contributed by atoms with Gasteiger partial charge in [-0.1, -0.05) is 27.5 Å². The summed E-state index contributed by atoms with van der Waals surface area (Å²) in [5.74, 6) is 0.578. The highest BCUT2D eigenvalue weighted by Gasteiger charge is 2.12. The van der Waals surface area contributed by atoms with E-state index in [1.807, 2.05) is 6.07 Å². The first kappa shape index (κ1) is 11.8. The van der Waals surface area contributed by atoms with Crippen LogP contribution in [0.25, 0.3) is 0 Å². The van der Waals surface area contributed by atoms with E-state index in [-0.39, 0.29) is 6.10 Å². The maximum atomic E-state index is 9.26. The molecule has 0 aliphatic heterocycles. The van der Waals surface area contributed by atoms with Gasteiger partial charge in [0.05, 0.1) is 11.1 Å². The molecular weight excluding hydrogens is 267 g/mol. The van der Waals surface area contributed by atoms with E-state index in [1.54, 1.807) is 26.0 Å². The van der Waals surface area contributed by atoms with Crippen LogP contribution in [0.5, 0.6) is 5.75 Å². The normalized spacial score (nSPS) is 14.9. The SMILES string of the molecule is CC(O)C(C)Oc1cc(Br)ccc1Cl. The Hall–Kier alpha value is -0.250. The first-order valence-corrected chi connectivity index (χ1v) is 5.47. The molecule has 1 rings (SSSR count). The zero-order valence-corrected chi connectivity index (χ0v) is 10.3. The third kappa shape index (κ3) is 3.15. The standard InChI is InChI=1S/C10H12BrClO2/c1-6(13)7(2)14-10-5-8(11)3-4-9(10)12/h3-7,13H,1-2H3. The fourth-order valence-electron chi connectivity index (χ4n) is 0.866. The Kier molecular flexibility index (Phi) is 4.23. The molecule has 1 aromatic carbocycles. The molecule has 0 aliphatic rings. The van der Waals surface area contributed by atoms with Gasteiger partial charge < -0.3 is 9.84 Å². The number of aliphatic hydroxyl groups excluding tert-OH is 1. The molecule has 0 heterocycles. The van der Waals surface area contributed by atoms with Crippen molar-refractivity contribution in [1.29, 1.82) is 0 Å². The summed E-state index contributed by atoms with van der Waals surface area (Å²) in [7, 11) is 0. The fraction of sp³-hybridized carbons (Fsp3) is 0.400. The smallest absolute Gasteiger partial charge is 0.139 e. The highest BCUT2D eigenvalue weighted by atomic mass is 79.9. The molecule has 2 unspecified atom stereocenters. The fourth-order valence-corrected chi connectivity index (χ4v) is 1.37. The maximum Gasteiger partial charge on any atom is 0.139 e. The number of benzene rings is 1. The summed E-state index contributed by atoms with van der Waals surface area (Å²) in [4.78, 5) is 0. The minimum atomic E-state index is -0.523. The second kappa shape index (κ2) is 5.01. The van der Waals surface area contributed by atoms with Crippen LogP contribution in [-0.4, -0.2) is 17.3 Å². The molecular formula is C10H12BrClO2. The molecule has 2 nitrogen and oxygen atoms in total. The molecule has 14 heavy (non-hydrogen) atoms. The lowest BCUT2D eigenvalue weighted by atomic mass is 10.2. The highest BCUT2D eigenvalue weighted by Crippen LogP contribution is 2.28. The predicted octanol–water partition coefficient (Wildman–Crippen LogP) is 3.25. The summed E-state index contributed by atoms with van der Waals surface area (Å²) in [6.45, 7) is 3.47. The average molecular weight is 280 g/mol. The summed E-state index contributed by atoms with van der Waals surface area (Å²) in [6, 6.07) is 5.36. The van der Waals surface area contributed by atoms with Gasteiger partial charge in [0.2, 0.25) is 0 Å². The predicted molar refractivity (Wildman–Crippen MR) is 60.9 cm³/mol. The van der Waals surface area contributed by atoms with Gasteiger partial charge in [-0.2, -0.15) is 0 Å². The van der Waals surface area contributed by atoms with Crippen molar-refractivity contribution in [2.75, 3.05) is 0 Å². The molecule has 0 aliphatic carbocycles. The molecule has 0 bridgehead atoms. The Morgan fingerprint density at radius 3 is 2.64 bits per heavy atom. The quantitative estimate of drug-likeness (QED) is 0.920. The van der Waals surface area contributed by atoms with E-state index in [9.17, 15) is 5.11 Å². The number of aliphatic hydroxyl groups is 1. The molecule has 78 valence electrons. The summed E-state index contributed by atoms with van der Waals surface area (Å²) in [5.41, 5.74) is 0. The van der Waals surface area contributed by atoms with Crippen LogP contribution in [0.2, 0.25) is 5.02 Å². The summed E-state index contributed by atoms with van der Waals surface area (Å²) in [6.07, 6.45) is -0.799. The van der Waals surface area contributed by atoms with Gasteiger partial charge in [-0.25, -0.2) is 0 Å². The Labute approximate surface area is 97.0 Å². The molecule has 0 radical (unpaired) electrons. The molecule has 0 amide bonds. The summed E-state index contributed by atoms with van der Waals surface area (Å²) >= 11 is 9.24. The van der Waals surface area contributed by atoms with Crippen molar-refractivity contribution < 1.29 is 9.84 Å². The van der Waals surface area contributed by atoms with Crippen LogP contribution in [0.1, 0.15) is 13.8 Å². The molecule has 0 saturated carbocycles. The Morgan fingerprint density at radius 2 is 2.07 bits per heavy atom. The van der Waals surface area contributed by atoms with Crippen molar-refractivity contribution in [3.8, 4) is 5.75 Å². The van der Waals surface area contributed by atoms with Crippen LogP contribution in [0.4, 0.5) is 0 Å². The van der Waals surface area contributed by atoms with E-state index in [1.165, 1.54) is 0 Å². The van der Waals surface area contributed by atoms with Gasteiger partial charge in [-0.3, -0.25) is 0 Å². The van der Waals surface area contributed by atoms with Gasteiger partial charge in [-0.05, 0) is 32.0 Å². The van der Waals surface area contributed by atoms with Crippen LogP contribution in [0, 0.1) is 0 Å². The van der Waals surface area contributed by atoms with E-state index in [0.29, 0.717) is 10.8 Å². The number of rotatable bonds is 3. The van der Waals surface area contributed by atoms with Gasteiger partial charge in [0.15, 0.2) is 0 Å². The average Bonchev–Trinajstić information content (AvgIpc) is 2.11. The van der Waals surface area contributed by atoms with Gasteiger partial charge >= 0.3 is 0 Å². The molecule has 4 heteroatoms. The van der Waals surface area contributed by atoms with Gasteiger partial charge in [-0.15, -0.1) is 0 Å². The molecule has 0 saturated heterocycles. The summed E-state index contributed by atoms with van der Waals surface area (Å²) < 4.78 is 6.37. The molecule has 1 N–H and O–H groups in total. The van der Waals surface area contributed by atoms with Gasteiger partial charge in [0, 0.05) is 4.47 Å². The lowest BCUT2D eigenvalue weighted by Crippen LogP contribution is -2.25. The molecule has 1 aromatic rings. The van der Waals surface area contributed by atoms with Crippen molar-refractivity contribution in [2.45, 2.75) is 26.1 Å². The number of halogens is 2. The van der Waals surface area contributed by atoms with E-state index in [2.05, 4.69) is 15.9 Å². The topological polar surface area (TPSA) is 29.5 Å². The molecule has 2 atom stereocenters. The van der Waals surface area contributed by atoms with Crippen LogP contribution >= 0.6 is 27.5 Å². The van der Waals surface area contributed by atoms with Crippen LogP contribution in [0.15, 0.2) is 22.7 Å². The number of hydrogen-bond acceptors (Lipinski definition) is 2. The third-order valence-corrected chi connectivity index (χ3v) is 2.69. The second-order valence-corrected chi connectivity index (χ2v) is 4.46. The van der Waals surface area contributed by atoms with E-state index in [4.69, 9.17) is 16.3 Å². The summed E-state index contributed by atoms with van der Waals surface area (Å²) in [5, 5.41) is 9.80. The Morgan fingerprint density at radius 1 is 1.43 bits per heavy atom. The maximum absolute atomic E-state index is 9.26. The van der Waals surface area contributed by atoms with Gasteiger partial charge in [0.25, 0.3) is 0 Å². The second-order valence-electron chi connectivity index (χ2n) is 3.14. The zero-order chi connectivity index (χ0) is 10.7. The molecule has 0 fully saturated rings. The van der Waals surface area contributed by atoms with Crippen LogP contribution in [-0.2, 0) is 0 Å². The minimum Gasteiger partial charge on any atom is -0.486 e. The molecule has 0 aromatic heterocycles. The highest BCUT2D eigenvalue weighted by molar-refractivity contribution is 9.10. The number of hydrogen-bond donors (Lipinski definition) is 1. The van der Waals surface area contributed by atoms with E-state index in [0.717, 1.165) is 4.47 Å². The van der Waals surface area contributed by atoms with E-state index >= 15 is 0 Å². The van der Waals surface area contributed by atoms with Crippen molar-refractivity contribution >= 4 is 27.5 Å².